The van der Waals surface area contributed by atoms with E-state index in [9.17, 15) is 19.7 Å². The van der Waals surface area contributed by atoms with Crippen LogP contribution in [-0.4, -0.2) is 29.2 Å². The van der Waals surface area contributed by atoms with Crippen molar-refractivity contribution in [1.29, 1.82) is 0 Å². The molecule has 1 saturated carbocycles. The predicted octanol–water partition coefficient (Wildman–Crippen LogP) is 4.88. The molecule has 1 fully saturated rings. The second kappa shape index (κ2) is 8.89. The minimum Gasteiger partial charge on any atom is -0.457 e. The molecule has 2 atom stereocenters. The van der Waals surface area contributed by atoms with E-state index in [1.165, 1.54) is 12.1 Å². The summed E-state index contributed by atoms with van der Waals surface area (Å²) in [5, 5.41) is 12.1. The third kappa shape index (κ3) is 4.25. The fourth-order valence-corrected chi connectivity index (χ4v) is 5.35. The van der Waals surface area contributed by atoms with Gasteiger partial charge in [-0.2, -0.15) is 0 Å². The molecule has 0 saturated heterocycles. The molecule has 0 radical (unpaired) electrons. The minimum atomic E-state index is -0.931. The number of ether oxygens (including phenoxy) is 3. The number of carbonyl (C=O) groups is 2. The molecule has 0 unspecified atom stereocenters. The van der Waals surface area contributed by atoms with Crippen LogP contribution >= 0.6 is 0 Å². The van der Waals surface area contributed by atoms with Crippen molar-refractivity contribution < 1.29 is 28.7 Å². The van der Waals surface area contributed by atoms with Gasteiger partial charge in [-0.25, -0.2) is 4.79 Å². The molecule has 0 N–H and O–H groups in total. The summed E-state index contributed by atoms with van der Waals surface area (Å²) in [5.41, 5.74) is 1.63. The van der Waals surface area contributed by atoms with E-state index in [1.807, 2.05) is 44.2 Å². The lowest BCUT2D eigenvalue weighted by atomic mass is 9.63. The molecule has 9 nitrogen and oxygen atoms in total. The van der Waals surface area contributed by atoms with E-state index >= 15 is 0 Å². The van der Waals surface area contributed by atoms with Crippen LogP contribution < -0.4 is 9.47 Å². The van der Waals surface area contributed by atoms with Crippen molar-refractivity contribution >= 4 is 23.2 Å². The van der Waals surface area contributed by atoms with Gasteiger partial charge in [0, 0.05) is 29.3 Å². The molecule has 9 heteroatoms. The van der Waals surface area contributed by atoms with Crippen LogP contribution in [0.3, 0.4) is 0 Å². The molecule has 2 aliphatic heterocycles. The summed E-state index contributed by atoms with van der Waals surface area (Å²) in [5.74, 6) is -1.92. The molecular formula is C27H26N2O7. The van der Waals surface area contributed by atoms with Crippen molar-refractivity contribution in [2.24, 2.45) is 16.3 Å². The van der Waals surface area contributed by atoms with Gasteiger partial charge in [-0.15, -0.1) is 0 Å². The largest absolute Gasteiger partial charge is 0.457 e. The number of nitro groups is 1. The molecule has 186 valence electrons. The average Bonchev–Trinajstić information content (AvgIpc) is 3.28. The maximum Gasteiger partial charge on any atom is 0.336 e. The van der Waals surface area contributed by atoms with Crippen LogP contribution in [0.2, 0.25) is 0 Å². The number of nitrogens with zero attached hydrogens (tertiary/aromatic N) is 2. The molecule has 2 heterocycles. The number of hydrogen-bond donors (Lipinski definition) is 0. The SMILES string of the molecule is CC1=C(C(=O)OCc2ccccc2)[C@H](c2cc3c(cc2[N+](=O)[O-])OCO3)[C@H]2C(=O)CC(C)(C)CC2=N1. The lowest BCUT2D eigenvalue weighted by Gasteiger charge is -2.40. The Morgan fingerprint density at radius 1 is 1.14 bits per heavy atom. The maximum absolute atomic E-state index is 13.5. The number of Topliss-reactive ketones (excluding diaryl/α,β-unsaturated/α-hetero) is 1. The number of benzene rings is 2. The van der Waals surface area contributed by atoms with Crippen molar-refractivity contribution in [2.45, 2.75) is 46.1 Å². The summed E-state index contributed by atoms with van der Waals surface area (Å²) in [6, 6.07) is 12.0. The third-order valence-electron chi connectivity index (χ3n) is 6.85. The first-order valence-corrected chi connectivity index (χ1v) is 11.7. The van der Waals surface area contributed by atoms with Gasteiger partial charge >= 0.3 is 5.97 Å². The zero-order valence-electron chi connectivity index (χ0n) is 20.3. The maximum atomic E-state index is 13.5. The second-order valence-electron chi connectivity index (χ2n) is 10.1. The second-order valence-corrected chi connectivity index (χ2v) is 10.1. The van der Waals surface area contributed by atoms with Crippen molar-refractivity contribution in [3.8, 4) is 11.5 Å². The number of carbonyl (C=O) groups excluding carboxylic acids is 2. The summed E-state index contributed by atoms with van der Waals surface area (Å²) >= 11 is 0. The summed E-state index contributed by atoms with van der Waals surface area (Å²) in [6.45, 7) is 5.62. The van der Waals surface area contributed by atoms with Gasteiger partial charge in [-0.1, -0.05) is 44.2 Å². The van der Waals surface area contributed by atoms with E-state index in [0.717, 1.165) is 5.56 Å². The molecular weight excluding hydrogens is 464 g/mol. The molecule has 0 aromatic heterocycles. The first kappa shape index (κ1) is 23.7. The molecule has 0 bridgehead atoms. The smallest absolute Gasteiger partial charge is 0.336 e. The summed E-state index contributed by atoms with van der Waals surface area (Å²) in [6.07, 6.45) is 0.818. The molecule has 36 heavy (non-hydrogen) atoms. The van der Waals surface area contributed by atoms with E-state index in [1.54, 1.807) is 6.92 Å². The van der Waals surface area contributed by atoms with E-state index in [2.05, 4.69) is 4.99 Å². The Labute approximate surface area is 207 Å². The zero-order chi connectivity index (χ0) is 25.6. The van der Waals surface area contributed by atoms with Crippen LogP contribution in [0.25, 0.3) is 0 Å². The highest BCUT2D eigenvalue weighted by molar-refractivity contribution is 6.12. The molecule has 0 spiro atoms. The Balaban J connectivity index is 1.63. The Hall–Kier alpha value is -4.01. The predicted molar refractivity (Wildman–Crippen MR) is 130 cm³/mol. The molecule has 1 aliphatic carbocycles. The quantitative estimate of drug-likeness (QED) is 0.333. The van der Waals surface area contributed by atoms with E-state index in [4.69, 9.17) is 14.2 Å². The molecule has 0 amide bonds. The number of esters is 1. The van der Waals surface area contributed by atoms with Gasteiger partial charge in [0.1, 0.15) is 12.4 Å². The van der Waals surface area contributed by atoms with Crippen LogP contribution in [-0.2, 0) is 20.9 Å². The van der Waals surface area contributed by atoms with E-state index in [-0.39, 0.29) is 53.6 Å². The number of hydrogen-bond acceptors (Lipinski definition) is 8. The Morgan fingerprint density at radius 3 is 2.53 bits per heavy atom. The Morgan fingerprint density at radius 2 is 1.83 bits per heavy atom. The van der Waals surface area contributed by atoms with Crippen LogP contribution in [0.1, 0.15) is 50.7 Å². The Kier molecular flexibility index (Phi) is 5.86. The van der Waals surface area contributed by atoms with Crippen molar-refractivity contribution in [3.05, 3.63) is 75.0 Å². The summed E-state index contributed by atoms with van der Waals surface area (Å²) in [4.78, 5) is 43.3. The Bertz CT molecular complexity index is 1330. The lowest BCUT2D eigenvalue weighted by Crippen LogP contribution is -2.44. The van der Waals surface area contributed by atoms with Crippen LogP contribution in [0.4, 0.5) is 5.69 Å². The topological polar surface area (TPSA) is 117 Å². The number of fused-ring (bicyclic) bond motifs is 2. The highest BCUT2D eigenvalue weighted by Gasteiger charge is 2.49. The van der Waals surface area contributed by atoms with Gasteiger partial charge in [-0.3, -0.25) is 19.9 Å². The van der Waals surface area contributed by atoms with Crippen LogP contribution in [0.5, 0.6) is 11.5 Å². The van der Waals surface area contributed by atoms with Gasteiger partial charge < -0.3 is 14.2 Å². The number of rotatable bonds is 5. The third-order valence-corrected chi connectivity index (χ3v) is 6.85. The lowest BCUT2D eigenvalue weighted by molar-refractivity contribution is -0.385. The molecule has 5 rings (SSSR count). The van der Waals surface area contributed by atoms with Gasteiger partial charge in [0.25, 0.3) is 5.69 Å². The fourth-order valence-electron chi connectivity index (χ4n) is 5.35. The van der Waals surface area contributed by atoms with E-state index < -0.39 is 22.7 Å². The number of ketones is 1. The van der Waals surface area contributed by atoms with E-state index in [0.29, 0.717) is 23.6 Å². The molecule has 2 aromatic carbocycles. The van der Waals surface area contributed by atoms with Crippen molar-refractivity contribution in [3.63, 3.8) is 0 Å². The normalized spacial score (nSPS) is 22.1. The van der Waals surface area contributed by atoms with Crippen molar-refractivity contribution in [1.82, 2.24) is 0 Å². The first-order chi connectivity index (χ1) is 17.1. The van der Waals surface area contributed by atoms with Gasteiger partial charge in [0.2, 0.25) is 6.79 Å². The fraction of sp³-hybridized carbons (Fsp3) is 0.370. The molecule has 3 aliphatic rings. The van der Waals surface area contributed by atoms with Crippen molar-refractivity contribution in [2.75, 3.05) is 6.79 Å². The average molecular weight is 491 g/mol. The van der Waals surface area contributed by atoms with Gasteiger partial charge in [-0.05, 0) is 30.4 Å². The highest BCUT2D eigenvalue weighted by atomic mass is 16.7. The van der Waals surface area contributed by atoms with Gasteiger partial charge in [0.15, 0.2) is 11.5 Å². The summed E-state index contributed by atoms with van der Waals surface area (Å²) in [7, 11) is 0. The van der Waals surface area contributed by atoms with Gasteiger partial charge in [0.05, 0.1) is 22.5 Å². The number of allylic oxidation sites excluding steroid dienone is 1. The number of nitro benzene ring substituents is 1. The monoisotopic (exact) mass is 490 g/mol. The van der Waals surface area contributed by atoms with Crippen LogP contribution in [0.15, 0.2) is 58.7 Å². The number of aliphatic imine (C=N–C) groups is 1. The minimum absolute atomic E-state index is 0.0224. The van der Waals surface area contributed by atoms with Crippen LogP contribution in [0, 0.1) is 21.4 Å². The standard InChI is InChI=1S/C27H26N2O7/c1-15-23(26(31)34-13-16-7-5-4-6-8-16)24(25-18(28-15)11-27(2,3)12-20(25)30)17-9-21-22(36-14-35-21)10-19(17)29(32)33/h4-10,24-25H,11-14H2,1-3H3/t24-,25+/m0/s1. The zero-order valence-corrected chi connectivity index (χ0v) is 20.3. The molecule has 2 aromatic rings. The summed E-state index contributed by atoms with van der Waals surface area (Å²) < 4.78 is 16.5. The first-order valence-electron chi connectivity index (χ1n) is 11.7. The highest BCUT2D eigenvalue weighted by Crippen LogP contribution is 2.51.